The van der Waals surface area contributed by atoms with Gasteiger partial charge in [-0.15, -0.1) is 0 Å². The molecule has 1 unspecified atom stereocenters. The molecule has 0 radical (unpaired) electrons. The Bertz CT molecular complexity index is 1460. The second-order valence-electron chi connectivity index (χ2n) is 9.74. The Morgan fingerprint density at radius 3 is 2.39 bits per heavy atom. The monoisotopic (exact) mass is 514 g/mol. The summed E-state index contributed by atoms with van der Waals surface area (Å²) in [4.78, 5) is 30.4. The fourth-order valence-electron chi connectivity index (χ4n) is 4.99. The van der Waals surface area contributed by atoms with E-state index >= 15 is 0 Å². The first-order valence-corrected chi connectivity index (χ1v) is 12.3. The van der Waals surface area contributed by atoms with E-state index in [9.17, 15) is 14.7 Å². The average molecular weight is 515 g/mol. The molecule has 0 aromatic heterocycles. The molecule has 196 valence electrons. The van der Waals surface area contributed by atoms with E-state index in [0.717, 1.165) is 27.9 Å². The summed E-state index contributed by atoms with van der Waals surface area (Å²) in [5.74, 6) is 0.304. The highest BCUT2D eigenvalue weighted by Crippen LogP contribution is 2.42. The molecule has 2 heterocycles. The zero-order chi connectivity index (χ0) is 27.1. The number of anilines is 1. The van der Waals surface area contributed by atoms with Gasteiger partial charge in [0.15, 0.2) is 11.5 Å². The second-order valence-corrected chi connectivity index (χ2v) is 9.74. The minimum Gasteiger partial charge on any atom is -0.507 e. The van der Waals surface area contributed by atoms with E-state index in [4.69, 9.17) is 14.2 Å². The van der Waals surface area contributed by atoms with Crippen molar-refractivity contribution >= 4 is 23.1 Å². The number of methoxy groups -OCH3 is 1. The van der Waals surface area contributed by atoms with Crippen LogP contribution < -0.4 is 19.1 Å². The Kier molecular flexibility index (Phi) is 6.48. The smallest absolute Gasteiger partial charge is 0.295 e. The van der Waals surface area contributed by atoms with E-state index in [0.29, 0.717) is 22.8 Å². The third-order valence-electron chi connectivity index (χ3n) is 7.05. The van der Waals surface area contributed by atoms with Gasteiger partial charge < -0.3 is 29.1 Å². The normalized spacial score (nSPS) is 17.7. The lowest BCUT2D eigenvalue weighted by Gasteiger charge is -2.26. The molecule has 0 spiro atoms. The van der Waals surface area contributed by atoms with Gasteiger partial charge in [0.2, 0.25) is 6.79 Å². The summed E-state index contributed by atoms with van der Waals surface area (Å²) in [6, 6.07) is 15.9. The van der Waals surface area contributed by atoms with Crippen LogP contribution >= 0.6 is 0 Å². The number of benzene rings is 3. The standard InChI is InChI=1S/C30H30N2O6/c1-17-13-24(36-5)18(2)12-22(17)28(33)26-27(20-7-9-21(10-8-20)31(3)4)32(30(35)29(26)34)15-19-6-11-23-25(14-19)38-16-37-23/h6-14,27,33H,15-16H2,1-5H3/b28-26+. The number of fused-ring (bicyclic) bond motifs is 1. The maximum absolute atomic E-state index is 13.5. The van der Waals surface area contributed by atoms with Crippen LogP contribution in [0, 0.1) is 13.8 Å². The van der Waals surface area contributed by atoms with Gasteiger partial charge in [0.1, 0.15) is 11.5 Å². The molecule has 3 aromatic rings. The first kappa shape index (κ1) is 25.2. The highest BCUT2D eigenvalue weighted by atomic mass is 16.7. The third kappa shape index (κ3) is 4.32. The number of carbonyl (C=O) groups excluding carboxylic acids is 2. The molecular formula is C30H30N2O6. The molecule has 1 amide bonds. The zero-order valence-corrected chi connectivity index (χ0v) is 22.1. The summed E-state index contributed by atoms with van der Waals surface area (Å²) in [5.41, 5.74) is 4.56. The van der Waals surface area contributed by atoms with Crippen molar-refractivity contribution in [2.45, 2.75) is 26.4 Å². The van der Waals surface area contributed by atoms with Crippen LogP contribution in [0.4, 0.5) is 5.69 Å². The van der Waals surface area contributed by atoms with E-state index in [1.54, 1.807) is 19.2 Å². The van der Waals surface area contributed by atoms with E-state index in [2.05, 4.69) is 0 Å². The minimum absolute atomic E-state index is 0.0565. The van der Waals surface area contributed by atoms with Crippen molar-refractivity contribution in [3.63, 3.8) is 0 Å². The summed E-state index contributed by atoms with van der Waals surface area (Å²) < 4.78 is 16.3. The average Bonchev–Trinajstić information content (AvgIpc) is 3.47. The molecule has 8 heteroatoms. The Morgan fingerprint density at radius 1 is 1.00 bits per heavy atom. The largest absolute Gasteiger partial charge is 0.507 e. The van der Waals surface area contributed by atoms with E-state index in [-0.39, 0.29) is 24.7 Å². The van der Waals surface area contributed by atoms with Crippen LogP contribution in [-0.2, 0) is 16.1 Å². The van der Waals surface area contributed by atoms with Gasteiger partial charge in [-0.2, -0.15) is 0 Å². The van der Waals surface area contributed by atoms with Crippen LogP contribution in [0.15, 0.2) is 60.2 Å². The number of carbonyl (C=O) groups is 2. The highest BCUT2D eigenvalue weighted by Gasteiger charge is 2.46. The number of nitrogens with zero attached hydrogens (tertiary/aromatic N) is 2. The number of aryl methyl sites for hydroxylation is 2. The number of ketones is 1. The number of rotatable bonds is 6. The molecule has 1 saturated heterocycles. The first-order valence-electron chi connectivity index (χ1n) is 12.3. The number of aliphatic hydroxyl groups is 1. The lowest BCUT2D eigenvalue weighted by molar-refractivity contribution is -0.140. The first-order chi connectivity index (χ1) is 18.2. The molecule has 38 heavy (non-hydrogen) atoms. The highest BCUT2D eigenvalue weighted by molar-refractivity contribution is 6.46. The maximum Gasteiger partial charge on any atom is 0.295 e. The fourth-order valence-corrected chi connectivity index (χ4v) is 4.99. The van der Waals surface area contributed by atoms with Gasteiger partial charge in [-0.1, -0.05) is 18.2 Å². The predicted octanol–water partition coefficient (Wildman–Crippen LogP) is 4.73. The number of Topliss-reactive ketones (excluding diaryl/α,β-unsaturated/α-hetero) is 1. The van der Waals surface area contributed by atoms with Crippen molar-refractivity contribution in [1.82, 2.24) is 4.90 Å². The molecule has 2 aliphatic rings. The van der Waals surface area contributed by atoms with Gasteiger partial charge in [0, 0.05) is 31.9 Å². The molecule has 1 N–H and O–H groups in total. The summed E-state index contributed by atoms with van der Waals surface area (Å²) in [6.07, 6.45) is 0. The topological polar surface area (TPSA) is 88.5 Å². The van der Waals surface area contributed by atoms with Gasteiger partial charge in [-0.25, -0.2) is 0 Å². The van der Waals surface area contributed by atoms with Crippen LogP contribution in [0.1, 0.15) is 33.9 Å². The summed E-state index contributed by atoms with van der Waals surface area (Å²) in [7, 11) is 5.46. The lowest BCUT2D eigenvalue weighted by Crippen LogP contribution is -2.29. The second kappa shape index (κ2) is 9.78. The molecule has 1 atom stereocenters. The summed E-state index contributed by atoms with van der Waals surface area (Å²) in [6.45, 7) is 3.99. The number of ether oxygens (including phenoxy) is 3. The van der Waals surface area contributed by atoms with E-state index in [1.165, 1.54) is 4.90 Å². The molecule has 2 aliphatic heterocycles. The molecular weight excluding hydrogens is 484 g/mol. The Hall–Kier alpha value is -4.46. The molecule has 0 aliphatic carbocycles. The van der Waals surface area contributed by atoms with Gasteiger partial charge in [0.05, 0.1) is 18.7 Å². The van der Waals surface area contributed by atoms with Crippen LogP contribution in [0.5, 0.6) is 17.2 Å². The van der Waals surface area contributed by atoms with Gasteiger partial charge in [-0.3, -0.25) is 9.59 Å². The zero-order valence-electron chi connectivity index (χ0n) is 22.1. The van der Waals surface area contributed by atoms with Gasteiger partial charge in [-0.05, 0) is 72.5 Å². The van der Waals surface area contributed by atoms with Crippen molar-refractivity contribution in [2.75, 3.05) is 32.9 Å². The predicted molar refractivity (Wildman–Crippen MR) is 144 cm³/mol. The molecule has 1 fully saturated rings. The van der Waals surface area contributed by atoms with Crippen LogP contribution in [0.25, 0.3) is 5.76 Å². The van der Waals surface area contributed by atoms with E-state index < -0.39 is 17.7 Å². The van der Waals surface area contributed by atoms with Crippen molar-refractivity contribution in [3.8, 4) is 17.2 Å². The number of likely N-dealkylation sites (tertiary alicyclic amines) is 1. The number of amides is 1. The molecule has 5 rings (SSSR count). The van der Waals surface area contributed by atoms with Crippen LogP contribution in [-0.4, -0.2) is 49.7 Å². The maximum atomic E-state index is 13.5. The third-order valence-corrected chi connectivity index (χ3v) is 7.05. The van der Waals surface area contributed by atoms with Gasteiger partial charge >= 0.3 is 0 Å². The Morgan fingerprint density at radius 2 is 1.71 bits per heavy atom. The Balaban J connectivity index is 1.64. The Labute approximate surface area is 221 Å². The van der Waals surface area contributed by atoms with E-state index in [1.807, 2.05) is 75.3 Å². The van der Waals surface area contributed by atoms with Crippen molar-refractivity contribution in [2.24, 2.45) is 0 Å². The van der Waals surface area contributed by atoms with Crippen molar-refractivity contribution in [1.29, 1.82) is 0 Å². The SMILES string of the molecule is COc1cc(C)c(/C(O)=C2\C(=O)C(=O)N(Cc3ccc4c(c3)OCO4)C2c2ccc(N(C)C)cc2)cc1C. The lowest BCUT2D eigenvalue weighted by atomic mass is 9.93. The number of aliphatic hydroxyl groups excluding tert-OH is 1. The van der Waals surface area contributed by atoms with Crippen LogP contribution in [0.2, 0.25) is 0 Å². The molecule has 0 bridgehead atoms. The number of hydrogen-bond acceptors (Lipinski definition) is 7. The van der Waals surface area contributed by atoms with Crippen molar-refractivity contribution < 1.29 is 28.9 Å². The summed E-state index contributed by atoms with van der Waals surface area (Å²) in [5, 5.41) is 11.6. The number of hydrogen-bond donors (Lipinski definition) is 1. The fraction of sp³-hybridized carbons (Fsp3) is 0.267. The molecule has 8 nitrogen and oxygen atoms in total. The quantitative estimate of drug-likeness (QED) is 0.289. The minimum atomic E-state index is -0.779. The van der Waals surface area contributed by atoms with Gasteiger partial charge in [0.25, 0.3) is 11.7 Å². The molecule has 3 aromatic carbocycles. The van der Waals surface area contributed by atoms with Crippen molar-refractivity contribution in [3.05, 3.63) is 88.0 Å². The summed E-state index contributed by atoms with van der Waals surface area (Å²) >= 11 is 0. The molecule has 0 saturated carbocycles. The van der Waals surface area contributed by atoms with Crippen LogP contribution in [0.3, 0.4) is 0 Å².